The molecule has 184 valence electrons. The molecule has 1 aromatic heterocycles. The second kappa shape index (κ2) is 11.8. The number of non-ortho nitro benzene ring substituents is 1. The number of nitro groups is 1. The Bertz CT molecular complexity index is 1090. The van der Waals surface area contributed by atoms with Crippen molar-refractivity contribution in [2.24, 2.45) is 5.92 Å². The average Bonchev–Trinajstić information content (AvgIpc) is 3.06. The van der Waals surface area contributed by atoms with Gasteiger partial charge in [-0.05, 0) is 31.9 Å². The summed E-state index contributed by atoms with van der Waals surface area (Å²) in [5.74, 6) is -2.19. The normalized spacial score (nSPS) is 11.9. The molecular weight excluding hydrogens is 466 g/mol. The number of Topliss-reactive ketones (excluding diaryl/α,β-unsaturated/α-hetero) is 1. The van der Waals surface area contributed by atoms with E-state index in [4.69, 9.17) is 21.1 Å². The van der Waals surface area contributed by atoms with E-state index in [2.05, 4.69) is 5.32 Å². The highest BCUT2D eigenvalue weighted by molar-refractivity contribution is 6.34. The minimum absolute atomic E-state index is 0.0229. The van der Waals surface area contributed by atoms with Crippen molar-refractivity contribution in [3.05, 3.63) is 61.9 Å². The van der Waals surface area contributed by atoms with Gasteiger partial charge < -0.3 is 19.4 Å². The second-order valence-corrected chi connectivity index (χ2v) is 8.48. The first-order valence-electron chi connectivity index (χ1n) is 10.6. The van der Waals surface area contributed by atoms with Crippen LogP contribution in [0.4, 0.5) is 5.69 Å². The van der Waals surface area contributed by atoms with Crippen molar-refractivity contribution in [3.8, 4) is 0 Å². The summed E-state index contributed by atoms with van der Waals surface area (Å²) in [6.07, 6.45) is 0. The number of nitrogens with one attached hydrogen (secondary N) is 1. The SMILES string of the molecule is COCCn1c(C)cc(C(=O)COC(=O)[C@@H](NC(=O)c2ccc([N+](=O)[O-])cc2Cl)C(C)C)c1C. The minimum atomic E-state index is -1.05. The van der Waals surface area contributed by atoms with Gasteiger partial charge in [0.15, 0.2) is 6.61 Å². The van der Waals surface area contributed by atoms with E-state index in [0.717, 1.165) is 23.5 Å². The summed E-state index contributed by atoms with van der Waals surface area (Å²) >= 11 is 6.01. The first-order valence-corrected chi connectivity index (χ1v) is 11.0. The van der Waals surface area contributed by atoms with Crippen LogP contribution in [0.15, 0.2) is 24.3 Å². The van der Waals surface area contributed by atoms with Crippen molar-refractivity contribution in [1.82, 2.24) is 9.88 Å². The number of halogens is 1. The number of nitrogens with zero attached hydrogens (tertiary/aromatic N) is 2. The minimum Gasteiger partial charge on any atom is -0.456 e. The topological polar surface area (TPSA) is 130 Å². The molecule has 11 heteroatoms. The number of rotatable bonds is 11. The highest BCUT2D eigenvalue weighted by atomic mass is 35.5. The van der Waals surface area contributed by atoms with E-state index < -0.39 is 29.4 Å². The summed E-state index contributed by atoms with van der Waals surface area (Å²) in [4.78, 5) is 48.2. The fourth-order valence-electron chi connectivity index (χ4n) is 3.43. The molecule has 0 aliphatic rings. The van der Waals surface area contributed by atoms with Crippen LogP contribution < -0.4 is 5.32 Å². The largest absolute Gasteiger partial charge is 0.456 e. The van der Waals surface area contributed by atoms with E-state index in [1.165, 1.54) is 6.07 Å². The maximum absolute atomic E-state index is 12.7. The number of esters is 1. The van der Waals surface area contributed by atoms with Crippen molar-refractivity contribution in [3.63, 3.8) is 0 Å². The van der Waals surface area contributed by atoms with Gasteiger partial charge in [-0.3, -0.25) is 19.7 Å². The monoisotopic (exact) mass is 493 g/mol. The molecule has 2 rings (SSSR count). The smallest absolute Gasteiger partial charge is 0.329 e. The molecule has 1 amide bonds. The molecule has 1 heterocycles. The molecular formula is C23H28ClN3O7. The van der Waals surface area contributed by atoms with Gasteiger partial charge in [0, 0.05) is 42.7 Å². The number of carbonyl (C=O) groups is 3. The highest BCUT2D eigenvalue weighted by Crippen LogP contribution is 2.23. The van der Waals surface area contributed by atoms with Crippen molar-refractivity contribution in [2.45, 2.75) is 40.3 Å². The van der Waals surface area contributed by atoms with Crippen molar-refractivity contribution >= 4 is 34.9 Å². The van der Waals surface area contributed by atoms with Crippen LogP contribution in [-0.4, -0.2) is 53.5 Å². The summed E-state index contributed by atoms with van der Waals surface area (Å²) in [5, 5.41) is 13.3. The third-order valence-electron chi connectivity index (χ3n) is 5.35. The maximum atomic E-state index is 12.7. The molecule has 0 aliphatic heterocycles. The summed E-state index contributed by atoms with van der Waals surface area (Å²) in [6, 6.07) is 4.09. The molecule has 10 nitrogen and oxygen atoms in total. The predicted molar refractivity (Wildman–Crippen MR) is 125 cm³/mol. The predicted octanol–water partition coefficient (Wildman–Crippen LogP) is 3.49. The van der Waals surface area contributed by atoms with Crippen molar-refractivity contribution in [1.29, 1.82) is 0 Å². The number of nitro benzene ring substituents is 1. The molecule has 1 atom stereocenters. The van der Waals surface area contributed by atoms with Gasteiger partial charge in [-0.2, -0.15) is 0 Å². The fourth-order valence-corrected chi connectivity index (χ4v) is 3.69. The lowest BCUT2D eigenvalue weighted by Crippen LogP contribution is -2.45. The Morgan fingerprint density at radius 3 is 2.41 bits per heavy atom. The lowest BCUT2D eigenvalue weighted by atomic mass is 10.0. The van der Waals surface area contributed by atoms with E-state index >= 15 is 0 Å². The Kier molecular flexibility index (Phi) is 9.34. The van der Waals surface area contributed by atoms with Crippen LogP contribution in [0.5, 0.6) is 0 Å². The average molecular weight is 494 g/mol. The van der Waals surface area contributed by atoms with Crippen molar-refractivity contribution in [2.75, 3.05) is 20.3 Å². The molecule has 0 unspecified atom stereocenters. The zero-order valence-electron chi connectivity index (χ0n) is 19.7. The lowest BCUT2D eigenvalue weighted by molar-refractivity contribution is -0.384. The number of ether oxygens (including phenoxy) is 2. The van der Waals surface area contributed by atoms with Crippen LogP contribution in [0.25, 0.3) is 0 Å². The standard InChI is InChI=1S/C23H28ClN3O7/c1-13(2)21(25-22(29)17-7-6-16(27(31)32)11-19(17)24)23(30)34-12-20(28)18-10-14(3)26(15(18)4)8-9-33-5/h6-7,10-11,13,21H,8-9,12H2,1-5H3,(H,25,29)/t21-/m0/s1. The molecule has 0 fully saturated rings. The van der Waals surface area contributed by atoms with Gasteiger partial charge in [0.1, 0.15) is 6.04 Å². The second-order valence-electron chi connectivity index (χ2n) is 8.08. The summed E-state index contributed by atoms with van der Waals surface area (Å²) in [7, 11) is 1.60. The van der Waals surface area contributed by atoms with Gasteiger partial charge in [-0.15, -0.1) is 0 Å². The zero-order chi connectivity index (χ0) is 25.6. The Morgan fingerprint density at radius 1 is 1.18 bits per heavy atom. The van der Waals surface area contributed by atoms with E-state index in [1.807, 2.05) is 18.4 Å². The summed E-state index contributed by atoms with van der Waals surface area (Å²) in [5.41, 5.74) is 1.80. The molecule has 0 bridgehead atoms. The van der Waals surface area contributed by atoms with E-state index in [-0.39, 0.29) is 28.0 Å². The highest BCUT2D eigenvalue weighted by Gasteiger charge is 2.28. The number of methoxy groups -OCH3 is 1. The number of hydrogen-bond acceptors (Lipinski definition) is 7. The van der Waals surface area contributed by atoms with E-state index in [1.54, 1.807) is 27.0 Å². The van der Waals surface area contributed by atoms with Gasteiger partial charge in [0.2, 0.25) is 5.78 Å². The summed E-state index contributed by atoms with van der Waals surface area (Å²) < 4.78 is 12.3. The quantitative estimate of drug-likeness (QED) is 0.219. The lowest BCUT2D eigenvalue weighted by Gasteiger charge is -2.21. The van der Waals surface area contributed by atoms with Gasteiger partial charge in [0.25, 0.3) is 11.6 Å². The maximum Gasteiger partial charge on any atom is 0.329 e. The van der Waals surface area contributed by atoms with Gasteiger partial charge in [0.05, 0.1) is 22.1 Å². The third kappa shape index (κ3) is 6.42. The molecule has 0 saturated heterocycles. The third-order valence-corrected chi connectivity index (χ3v) is 5.67. The molecule has 0 saturated carbocycles. The molecule has 2 aromatic rings. The van der Waals surface area contributed by atoms with Crippen LogP contribution in [0.1, 0.15) is 46.0 Å². The first-order chi connectivity index (χ1) is 16.0. The van der Waals surface area contributed by atoms with Crippen LogP contribution in [0, 0.1) is 29.9 Å². The van der Waals surface area contributed by atoms with Gasteiger partial charge in [-0.1, -0.05) is 25.4 Å². The Morgan fingerprint density at radius 2 is 1.85 bits per heavy atom. The fraction of sp³-hybridized carbons (Fsp3) is 0.435. The number of aromatic nitrogens is 1. The molecule has 34 heavy (non-hydrogen) atoms. The molecule has 1 N–H and O–H groups in total. The van der Waals surface area contributed by atoms with Gasteiger partial charge >= 0.3 is 5.97 Å². The first kappa shape index (κ1) is 27.0. The number of amides is 1. The van der Waals surface area contributed by atoms with E-state index in [0.29, 0.717) is 18.7 Å². The summed E-state index contributed by atoms with van der Waals surface area (Å²) in [6.45, 7) is 7.69. The number of benzene rings is 1. The molecule has 1 aromatic carbocycles. The number of carbonyl (C=O) groups excluding carboxylic acids is 3. The zero-order valence-corrected chi connectivity index (χ0v) is 20.5. The number of aryl methyl sites for hydroxylation is 1. The van der Waals surface area contributed by atoms with Gasteiger partial charge in [-0.25, -0.2) is 4.79 Å². The van der Waals surface area contributed by atoms with Crippen LogP contribution in [0.2, 0.25) is 5.02 Å². The van der Waals surface area contributed by atoms with Crippen LogP contribution in [-0.2, 0) is 20.8 Å². The molecule has 0 spiro atoms. The van der Waals surface area contributed by atoms with Crippen LogP contribution >= 0.6 is 11.6 Å². The Balaban J connectivity index is 2.07. The van der Waals surface area contributed by atoms with Crippen LogP contribution in [0.3, 0.4) is 0 Å². The Hall–Kier alpha value is -3.24. The van der Waals surface area contributed by atoms with E-state index in [9.17, 15) is 24.5 Å². The number of ketones is 1. The molecule has 0 radical (unpaired) electrons. The Labute approximate surface area is 202 Å². The molecule has 0 aliphatic carbocycles. The number of hydrogen-bond donors (Lipinski definition) is 1. The van der Waals surface area contributed by atoms with Crippen molar-refractivity contribution < 1.29 is 28.8 Å².